The van der Waals surface area contributed by atoms with Crippen molar-refractivity contribution in [3.05, 3.63) is 77.2 Å². The number of nitrogens with two attached hydrogens (primary N) is 1. The molecule has 5 rings (SSSR count). The first kappa shape index (κ1) is 26.7. The third-order valence-corrected chi connectivity index (χ3v) is 7.51. The van der Waals surface area contributed by atoms with Gasteiger partial charge in [-0.3, -0.25) is 9.69 Å². The van der Waals surface area contributed by atoms with E-state index in [2.05, 4.69) is 27.0 Å². The molecule has 1 saturated heterocycles. The van der Waals surface area contributed by atoms with Gasteiger partial charge >= 0.3 is 6.18 Å². The minimum Gasteiger partial charge on any atom is -0.384 e. The molecule has 0 aliphatic carbocycles. The fourth-order valence-corrected chi connectivity index (χ4v) is 5.38. The summed E-state index contributed by atoms with van der Waals surface area (Å²) in [5.74, 6) is 0.238. The molecule has 3 aromatic heterocycles. The van der Waals surface area contributed by atoms with Crippen molar-refractivity contribution in [1.29, 1.82) is 0 Å². The number of hydrogen-bond acceptors (Lipinski definition) is 5. The Morgan fingerprint density at radius 2 is 1.74 bits per heavy atom. The molecule has 1 aliphatic rings. The van der Waals surface area contributed by atoms with Gasteiger partial charge in [0, 0.05) is 56.1 Å². The molecule has 0 saturated carbocycles. The number of carbonyl (C=O) groups is 1. The SMILES string of the molecule is CN(C)C(=O)c1ccc(C2CCN(Cc3cc4c(-c5ccc(N)nc5C(F)(F)F)ccnc4n3C)CC2)cc1. The van der Waals surface area contributed by atoms with Crippen LogP contribution in [0.5, 0.6) is 0 Å². The van der Waals surface area contributed by atoms with E-state index in [9.17, 15) is 18.0 Å². The predicted octanol–water partition coefficient (Wildman–Crippen LogP) is 5.32. The number of alkyl halides is 3. The van der Waals surface area contributed by atoms with E-state index in [1.54, 1.807) is 25.1 Å². The molecule has 1 aliphatic heterocycles. The zero-order valence-corrected chi connectivity index (χ0v) is 22.2. The van der Waals surface area contributed by atoms with Gasteiger partial charge in [0.15, 0.2) is 5.69 Å². The Labute approximate surface area is 225 Å². The highest BCUT2D eigenvalue weighted by Gasteiger charge is 2.36. The van der Waals surface area contributed by atoms with Crippen LogP contribution in [-0.2, 0) is 19.8 Å². The monoisotopic (exact) mass is 536 g/mol. The van der Waals surface area contributed by atoms with Gasteiger partial charge in [-0.25, -0.2) is 9.97 Å². The van der Waals surface area contributed by atoms with E-state index in [1.165, 1.54) is 23.9 Å². The van der Waals surface area contributed by atoms with Crippen LogP contribution in [0, 0.1) is 0 Å². The van der Waals surface area contributed by atoms with E-state index in [1.807, 2.05) is 29.8 Å². The molecule has 0 radical (unpaired) electrons. The maximum absolute atomic E-state index is 13.8. The molecule has 0 bridgehead atoms. The quantitative estimate of drug-likeness (QED) is 0.374. The molecule has 39 heavy (non-hydrogen) atoms. The fraction of sp³-hybridized carbons (Fsp3) is 0.345. The van der Waals surface area contributed by atoms with Crippen LogP contribution >= 0.6 is 0 Å². The van der Waals surface area contributed by atoms with E-state index in [0.717, 1.165) is 31.6 Å². The van der Waals surface area contributed by atoms with Gasteiger partial charge in [-0.05, 0) is 79.4 Å². The number of pyridine rings is 2. The van der Waals surface area contributed by atoms with Crippen molar-refractivity contribution in [2.24, 2.45) is 7.05 Å². The van der Waals surface area contributed by atoms with Crippen molar-refractivity contribution in [2.45, 2.75) is 31.5 Å². The molecule has 7 nitrogen and oxygen atoms in total. The van der Waals surface area contributed by atoms with Crippen LogP contribution in [0.2, 0.25) is 0 Å². The fourth-order valence-electron chi connectivity index (χ4n) is 5.38. The summed E-state index contributed by atoms with van der Waals surface area (Å²) in [5, 5.41) is 0.648. The summed E-state index contributed by atoms with van der Waals surface area (Å²) < 4.78 is 43.3. The third kappa shape index (κ3) is 5.34. The van der Waals surface area contributed by atoms with Crippen molar-refractivity contribution in [2.75, 3.05) is 32.9 Å². The highest BCUT2D eigenvalue weighted by molar-refractivity contribution is 5.95. The van der Waals surface area contributed by atoms with Gasteiger partial charge in [0.25, 0.3) is 5.91 Å². The number of carbonyl (C=O) groups excluding carboxylic acids is 1. The molecule has 0 unspecified atom stereocenters. The van der Waals surface area contributed by atoms with E-state index >= 15 is 0 Å². The van der Waals surface area contributed by atoms with E-state index in [0.29, 0.717) is 34.6 Å². The molecule has 1 fully saturated rings. The number of nitrogens with zero attached hydrogens (tertiary/aromatic N) is 5. The number of rotatable bonds is 5. The largest absolute Gasteiger partial charge is 0.434 e. The molecule has 1 amide bonds. The van der Waals surface area contributed by atoms with Crippen molar-refractivity contribution < 1.29 is 18.0 Å². The van der Waals surface area contributed by atoms with Crippen molar-refractivity contribution in [3.8, 4) is 11.1 Å². The van der Waals surface area contributed by atoms with Crippen LogP contribution in [0.4, 0.5) is 19.0 Å². The number of amides is 1. The summed E-state index contributed by atoms with van der Waals surface area (Å²) in [6.07, 6.45) is -1.13. The Kier molecular flexibility index (Phi) is 7.07. The lowest BCUT2D eigenvalue weighted by atomic mass is 9.89. The Morgan fingerprint density at radius 3 is 2.38 bits per heavy atom. The standard InChI is InChI=1S/C29H31F3N6O/c1-36(2)28(39)20-6-4-18(5-7-20)19-11-14-38(15-12-19)17-21-16-24-22(10-13-34-27(24)37(21)3)23-8-9-25(33)35-26(23)29(30,31)32/h4-10,13,16,19H,11-12,14-15,17H2,1-3H3,(H2,33,35). The highest BCUT2D eigenvalue weighted by atomic mass is 19.4. The maximum Gasteiger partial charge on any atom is 0.434 e. The van der Waals surface area contributed by atoms with Gasteiger partial charge in [-0.1, -0.05) is 12.1 Å². The van der Waals surface area contributed by atoms with Crippen LogP contribution in [0.15, 0.2) is 54.7 Å². The minimum absolute atomic E-state index is 0.00809. The van der Waals surface area contributed by atoms with Crippen LogP contribution in [0.25, 0.3) is 22.2 Å². The first-order valence-corrected chi connectivity index (χ1v) is 12.8. The number of likely N-dealkylation sites (tertiary alicyclic amines) is 1. The molecule has 2 N–H and O–H groups in total. The van der Waals surface area contributed by atoms with Crippen molar-refractivity contribution >= 4 is 22.8 Å². The second-order valence-corrected chi connectivity index (χ2v) is 10.3. The second kappa shape index (κ2) is 10.3. The van der Waals surface area contributed by atoms with Crippen LogP contribution in [0.1, 0.15) is 46.1 Å². The Bertz CT molecular complexity index is 1500. The topological polar surface area (TPSA) is 80.3 Å². The van der Waals surface area contributed by atoms with Gasteiger partial charge < -0.3 is 15.2 Å². The summed E-state index contributed by atoms with van der Waals surface area (Å²) >= 11 is 0. The average Bonchev–Trinajstić information content (AvgIpc) is 3.23. The maximum atomic E-state index is 13.8. The number of anilines is 1. The van der Waals surface area contributed by atoms with Gasteiger partial charge in [0.1, 0.15) is 11.5 Å². The van der Waals surface area contributed by atoms with Crippen molar-refractivity contribution in [3.63, 3.8) is 0 Å². The van der Waals surface area contributed by atoms with E-state index in [-0.39, 0.29) is 17.3 Å². The van der Waals surface area contributed by atoms with Gasteiger partial charge in [0.05, 0.1) is 0 Å². The number of hydrogen-bond donors (Lipinski definition) is 1. The van der Waals surface area contributed by atoms with Gasteiger partial charge in [-0.15, -0.1) is 0 Å². The lowest BCUT2D eigenvalue weighted by Gasteiger charge is -2.32. The molecule has 10 heteroatoms. The van der Waals surface area contributed by atoms with Gasteiger partial charge in [-0.2, -0.15) is 13.2 Å². The van der Waals surface area contributed by atoms with Gasteiger partial charge in [0.2, 0.25) is 0 Å². The van der Waals surface area contributed by atoms with Crippen LogP contribution in [0.3, 0.4) is 0 Å². The zero-order chi connectivity index (χ0) is 27.9. The first-order valence-electron chi connectivity index (χ1n) is 12.8. The number of aryl methyl sites for hydroxylation is 1. The average molecular weight is 537 g/mol. The molecule has 1 aromatic carbocycles. The normalized spacial score (nSPS) is 15.1. The predicted molar refractivity (Wildman–Crippen MR) is 145 cm³/mol. The number of fused-ring (bicyclic) bond motifs is 1. The molecular weight excluding hydrogens is 505 g/mol. The number of aromatic nitrogens is 3. The number of piperidine rings is 1. The summed E-state index contributed by atoms with van der Waals surface area (Å²) in [6.45, 7) is 2.46. The molecule has 4 aromatic rings. The molecule has 204 valence electrons. The molecule has 4 heterocycles. The lowest BCUT2D eigenvalue weighted by molar-refractivity contribution is -0.140. The van der Waals surface area contributed by atoms with Crippen molar-refractivity contribution in [1.82, 2.24) is 24.3 Å². The summed E-state index contributed by atoms with van der Waals surface area (Å²) in [7, 11) is 5.38. The number of benzene rings is 1. The highest BCUT2D eigenvalue weighted by Crippen LogP contribution is 2.39. The number of nitrogen functional groups attached to an aromatic ring is 1. The van der Waals surface area contributed by atoms with Crippen LogP contribution < -0.4 is 5.73 Å². The smallest absolute Gasteiger partial charge is 0.384 e. The molecular formula is C29H31F3N6O. The minimum atomic E-state index is -4.63. The van der Waals surface area contributed by atoms with E-state index in [4.69, 9.17) is 5.73 Å². The summed E-state index contributed by atoms with van der Waals surface area (Å²) in [6, 6.07) is 14.2. The first-order chi connectivity index (χ1) is 18.5. The molecule has 0 spiro atoms. The lowest BCUT2D eigenvalue weighted by Crippen LogP contribution is -2.33. The van der Waals surface area contributed by atoms with E-state index < -0.39 is 11.9 Å². The second-order valence-electron chi connectivity index (χ2n) is 10.3. The Balaban J connectivity index is 1.34. The third-order valence-electron chi connectivity index (χ3n) is 7.51. The Hall–Kier alpha value is -3.92. The zero-order valence-electron chi connectivity index (χ0n) is 22.2. The Morgan fingerprint density at radius 1 is 1.05 bits per heavy atom. The summed E-state index contributed by atoms with van der Waals surface area (Å²) in [5.41, 5.74) is 8.51. The van der Waals surface area contributed by atoms with Crippen LogP contribution in [-0.4, -0.2) is 57.4 Å². The summed E-state index contributed by atoms with van der Waals surface area (Å²) in [4.78, 5) is 24.2. The molecule has 0 atom stereocenters. The number of halogens is 3.